The van der Waals surface area contributed by atoms with Crippen molar-refractivity contribution in [3.63, 3.8) is 0 Å². The second-order valence-electron chi connectivity index (χ2n) is 7.06. The molecule has 1 N–H and O–H groups in total. The zero-order valence-corrected chi connectivity index (χ0v) is 15.4. The van der Waals surface area contributed by atoms with Gasteiger partial charge in [-0.3, -0.25) is 4.79 Å². The van der Waals surface area contributed by atoms with E-state index in [1.165, 1.54) is 11.0 Å². The summed E-state index contributed by atoms with van der Waals surface area (Å²) in [5.74, 6) is -0.461. The van der Waals surface area contributed by atoms with Gasteiger partial charge in [-0.15, -0.1) is 0 Å². The molecule has 6 nitrogen and oxygen atoms in total. The Labute approximate surface area is 164 Å². The van der Waals surface area contributed by atoms with Crippen molar-refractivity contribution >= 4 is 17.1 Å². The third kappa shape index (κ3) is 3.95. The van der Waals surface area contributed by atoms with Gasteiger partial charge in [-0.05, 0) is 30.9 Å². The number of piperidine rings is 1. The Morgan fingerprint density at radius 3 is 2.62 bits per heavy atom. The zero-order chi connectivity index (χ0) is 20.6. The van der Waals surface area contributed by atoms with Gasteiger partial charge in [0.05, 0.1) is 11.8 Å². The van der Waals surface area contributed by atoms with Crippen LogP contribution in [0.25, 0.3) is 11.2 Å². The quantitative estimate of drug-likeness (QED) is 0.834. The summed E-state index contributed by atoms with van der Waals surface area (Å²) in [5.41, 5.74) is -0.272. The highest BCUT2D eigenvalue weighted by molar-refractivity contribution is 5.93. The minimum Gasteiger partial charge on any atom is -0.393 e. The van der Waals surface area contributed by atoms with Crippen LogP contribution in [0.2, 0.25) is 0 Å². The van der Waals surface area contributed by atoms with Crippen molar-refractivity contribution in [1.82, 2.24) is 19.5 Å². The highest BCUT2D eigenvalue weighted by Crippen LogP contribution is 2.32. The number of fused-ring (bicyclic) bond motifs is 1. The highest BCUT2D eigenvalue weighted by Gasteiger charge is 2.36. The second-order valence-corrected chi connectivity index (χ2v) is 7.06. The first kappa shape index (κ1) is 19.4. The second kappa shape index (κ2) is 7.47. The van der Waals surface area contributed by atoms with Gasteiger partial charge in [-0.2, -0.15) is 18.3 Å². The number of rotatable bonds is 2. The topological polar surface area (TPSA) is 70.7 Å². The molecule has 29 heavy (non-hydrogen) atoms. The van der Waals surface area contributed by atoms with Crippen LogP contribution in [0.4, 0.5) is 13.2 Å². The van der Waals surface area contributed by atoms with Crippen LogP contribution in [-0.2, 0) is 6.18 Å². The van der Waals surface area contributed by atoms with E-state index in [4.69, 9.17) is 0 Å². The molecule has 0 radical (unpaired) electrons. The molecular formula is C20H19F3N4O2. The first-order valence-electron chi connectivity index (χ1n) is 9.31. The number of aliphatic hydroxyl groups is 1. The lowest BCUT2D eigenvalue weighted by molar-refractivity contribution is -0.142. The Kier molecular flexibility index (Phi) is 4.99. The Morgan fingerprint density at radius 2 is 1.90 bits per heavy atom. The average Bonchev–Trinajstić information content (AvgIpc) is 2.92. The molecule has 2 aliphatic rings. The number of aliphatic hydroxyl groups excluding tert-OH is 1. The summed E-state index contributed by atoms with van der Waals surface area (Å²) in [7, 11) is 0. The van der Waals surface area contributed by atoms with Crippen molar-refractivity contribution in [2.45, 2.75) is 31.5 Å². The molecular weight excluding hydrogens is 385 g/mol. The smallest absolute Gasteiger partial charge is 0.393 e. The molecule has 0 aromatic carbocycles. The van der Waals surface area contributed by atoms with Gasteiger partial charge >= 0.3 is 6.18 Å². The maximum Gasteiger partial charge on any atom is 0.433 e. The SMILES string of the molecule is O=C(c1cc2nc(C3=CC=CC=CC3)cc(C(F)(F)F)n2n1)N1CCC(O)CC1. The number of carbonyl (C=O) groups is 1. The Morgan fingerprint density at radius 1 is 1.14 bits per heavy atom. The van der Waals surface area contributed by atoms with Crippen LogP contribution in [0.5, 0.6) is 0 Å². The maximum absolute atomic E-state index is 13.7. The lowest BCUT2D eigenvalue weighted by atomic mass is 10.1. The zero-order valence-electron chi connectivity index (χ0n) is 15.4. The molecule has 1 aliphatic carbocycles. The van der Waals surface area contributed by atoms with Crippen molar-refractivity contribution in [1.29, 1.82) is 0 Å². The van der Waals surface area contributed by atoms with E-state index in [0.717, 1.165) is 6.07 Å². The van der Waals surface area contributed by atoms with E-state index in [1.54, 1.807) is 18.2 Å². The number of allylic oxidation sites excluding steroid dienone is 6. The molecule has 1 saturated heterocycles. The molecule has 152 valence electrons. The van der Waals surface area contributed by atoms with Gasteiger partial charge in [0.1, 0.15) is 0 Å². The number of nitrogens with zero attached hydrogens (tertiary/aromatic N) is 4. The fourth-order valence-electron chi connectivity index (χ4n) is 3.44. The molecule has 1 fully saturated rings. The van der Waals surface area contributed by atoms with Crippen LogP contribution >= 0.6 is 0 Å². The van der Waals surface area contributed by atoms with Crippen LogP contribution in [0.15, 0.2) is 42.5 Å². The van der Waals surface area contributed by atoms with Crippen molar-refractivity contribution in [3.05, 3.63) is 59.6 Å². The number of aromatic nitrogens is 3. The molecule has 1 aliphatic heterocycles. The third-order valence-corrected chi connectivity index (χ3v) is 5.01. The summed E-state index contributed by atoms with van der Waals surface area (Å²) in [6.07, 6.45) is 5.11. The predicted octanol–water partition coefficient (Wildman–Crippen LogP) is 3.24. The van der Waals surface area contributed by atoms with Crippen LogP contribution in [0, 0.1) is 0 Å². The molecule has 2 aromatic heterocycles. The third-order valence-electron chi connectivity index (χ3n) is 5.01. The van der Waals surface area contributed by atoms with Crippen LogP contribution in [0.1, 0.15) is 41.1 Å². The van der Waals surface area contributed by atoms with Gasteiger partial charge in [0, 0.05) is 19.2 Å². The van der Waals surface area contributed by atoms with Gasteiger partial charge in [0.2, 0.25) is 0 Å². The summed E-state index contributed by atoms with van der Waals surface area (Å²) >= 11 is 0. The maximum atomic E-state index is 13.7. The normalized spacial score (nSPS) is 18.2. The van der Waals surface area contributed by atoms with Gasteiger partial charge in [0.25, 0.3) is 5.91 Å². The summed E-state index contributed by atoms with van der Waals surface area (Å²) in [6.45, 7) is 0.675. The minimum atomic E-state index is -4.66. The number of amides is 1. The lowest BCUT2D eigenvalue weighted by Crippen LogP contribution is -2.40. The van der Waals surface area contributed by atoms with Gasteiger partial charge in [-0.1, -0.05) is 30.4 Å². The first-order valence-corrected chi connectivity index (χ1v) is 9.31. The van der Waals surface area contributed by atoms with Crippen LogP contribution < -0.4 is 0 Å². The van der Waals surface area contributed by atoms with Crippen molar-refractivity contribution in [2.75, 3.05) is 13.1 Å². The van der Waals surface area contributed by atoms with E-state index in [-0.39, 0.29) is 17.0 Å². The Balaban J connectivity index is 1.76. The summed E-state index contributed by atoms with van der Waals surface area (Å²) in [4.78, 5) is 18.5. The monoisotopic (exact) mass is 404 g/mol. The summed E-state index contributed by atoms with van der Waals surface area (Å²) in [6, 6.07) is 2.25. The molecule has 9 heteroatoms. The van der Waals surface area contributed by atoms with E-state index in [0.29, 0.717) is 42.4 Å². The summed E-state index contributed by atoms with van der Waals surface area (Å²) < 4.78 is 41.8. The van der Waals surface area contributed by atoms with Crippen LogP contribution in [0.3, 0.4) is 0 Å². The average molecular weight is 404 g/mol. The molecule has 0 unspecified atom stereocenters. The number of likely N-dealkylation sites (tertiary alicyclic amines) is 1. The Bertz CT molecular complexity index is 1030. The number of halogens is 3. The Hall–Kier alpha value is -2.94. The van der Waals surface area contributed by atoms with E-state index >= 15 is 0 Å². The minimum absolute atomic E-state index is 0.0340. The van der Waals surface area contributed by atoms with Gasteiger partial charge < -0.3 is 10.0 Å². The fraction of sp³-hybridized carbons (Fsp3) is 0.350. The first-order chi connectivity index (χ1) is 13.8. The fourth-order valence-corrected chi connectivity index (χ4v) is 3.44. The standard InChI is InChI=1S/C20H19F3N4O2/c21-20(22,23)17-11-15(13-5-3-1-2-4-6-13)24-18-12-16(25-27(17)18)19(29)26-9-7-14(28)8-10-26/h1-5,11-12,14,28H,6-10H2. The molecule has 4 rings (SSSR count). The van der Waals surface area contributed by atoms with Crippen molar-refractivity contribution in [2.24, 2.45) is 0 Å². The molecule has 2 aromatic rings. The lowest BCUT2D eigenvalue weighted by Gasteiger charge is -2.28. The van der Waals surface area contributed by atoms with E-state index in [9.17, 15) is 23.1 Å². The molecule has 0 bridgehead atoms. The number of alkyl halides is 3. The van der Waals surface area contributed by atoms with Crippen LogP contribution in [-0.4, -0.2) is 49.7 Å². The number of hydrogen-bond donors (Lipinski definition) is 1. The van der Waals surface area contributed by atoms with E-state index in [2.05, 4.69) is 10.1 Å². The molecule has 3 heterocycles. The van der Waals surface area contributed by atoms with Gasteiger partial charge in [-0.25, -0.2) is 9.50 Å². The molecule has 0 spiro atoms. The molecule has 0 atom stereocenters. The highest BCUT2D eigenvalue weighted by atomic mass is 19.4. The molecule has 0 saturated carbocycles. The summed E-state index contributed by atoms with van der Waals surface area (Å²) in [5, 5.41) is 13.5. The molecule has 1 amide bonds. The van der Waals surface area contributed by atoms with E-state index in [1.807, 2.05) is 12.2 Å². The largest absolute Gasteiger partial charge is 0.433 e. The number of carbonyl (C=O) groups excluding carboxylic acids is 1. The van der Waals surface area contributed by atoms with E-state index < -0.39 is 23.9 Å². The number of hydrogen-bond acceptors (Lipinski definition) is 4. The predicted molar refractivity (Wildman–Crippen MR) is 100 cm³/mol. The van der Waals surface area contributed by atoms with Gasteiger partial charge in [0.15, 0.2) is 17.0 Å². The van der Waals surface area contributed by atoms with Crippen molar-refractivity contribution in [3.8, 4) is 0 Å². The van der Waals surface area contributed by atoms with Crippen molar-refractivity contribution < 1.29 is 23.1 Å².